The highest BCUT2D eigenvalue weighted by atomic mass is 32.1. The number of para-hydroxylation sites is 2. The Balaban J connectivity index is 1.66. The predicted molar refractivity (Wildman–Crippen MR) is 116 cm³/mol. The lowest BCUT2D eigenvalue weighted by Gasteiger charge is -2.25. The van der Waals surface area contributed by atoms with Gasteiger partial charge in [0, 0.05) is 30.5 Å². The molecule has 0 spiro atoms. The van der Waals surface area contributed by atoms with Crippen molar-refractivity contribution in [2.45, 2.75) is 44.6 Å². The van der Waals surface area contributed by atoms with Gasteiger partial charge in [0.15, 0.2) is 5.13 Å². The van der Waals surface area contributed by atoms with Crippen LogP contribution in [0, 0.1) is 0 Å². The molecular formula is C21H26N4O4S. The van der Waals surface area contributed by atoms with E-state index in [-0.39, 0.29) is 43.1 Å². The molecule has 1 heterocycles. The first-order valence-corrected chi connectivity index (χ1v) is 10.9. The van der Waals surface area contributed by atoms with Gasteiger partial charge in [-0.05, 0) is 25.0 Å². The first-order valence-electron chi connectivity index (χ1n) is 9.99. The molecule has 0 bridgehead atoms. The van der Waals surface area contributed by atoms with Crippen LogP contribution in [0.3, 0.4) is 0 Å². The molecule has 1 fully saturated rings. The summed E-state index contributed by atoms with van der Waals surface area (Å²) in [6, 6.07) is 7.21. The second kappa shape index (κ2) is 10.7. The molecule has 1 aliphatic carbocycles. The number of carbonyl (C=O) groups is 3. The van der Waals surface area contributed by atoms with Gasteiger partial charge in [-0.25, -0.2) is 4.98 Å². The van der Waals surface area contributed by atoms with Crippen molar-refractivity contribution in [1.29, 1.82) is 0 Å². The van der Waals surface area contributed by atoms with Crippen LogP contribution in [0.5, 0.6) is 5.75 Å². The number of amides is 3. The fourth-order valence-corrected chi connectivity index (χ4v) is 4.01. The van der Waals surface area contributed by atoms with Gasteiger partial charge in [-0.1, -0.05) is 25.0 Å². The molecule has 0 atom stereocenters. The maximum absolute atomic E-state index is 13.0. The van der Waals surface area contributed by atoms with Gasteiger partial charge in [-0.2, -0.15) is 0 Å². The van der Waals surface area contributed by atoms with Crippen molar-refractivity contribution in [2.24, 2.45) is 0 Å². The number of carbonyl (C=O) groups excluding carboxylic acids is 3. The summed E-state index contributed by atoms with van der Waals surface area (Å²) >= 11 is 1.31. The van der Waals surface area contributed by atoms with Gasteiger partial charge in [0.1, 0.15) is 12.3 Å². The molecule has 1 aromatic heterocycles. The average molecular weight is 431 g/mol. The molecule has 0 saturated heterocycles. The largest absolute Gasteiger partial charge is 0.495 e. The van der Waals surface area contributed by atoms with E-state index >= 15 is 0 Å². The first kappa shape index (κ1) is 21.8. The number of hydrogen-bond donors (Lipinski definition) is 2. The number of thiazole rings is 1. The summed E-state index contributed by atoms with van der Waals surface area (Å²) in [6.07, 6.45) is 5.69. The molecule has 160 valence electrons. The maximum atomic E-state index is 13.0. The number of anilines is 2. The Kier molecular flexibility index (Phi) is 7.78. The van der Waals surface area contributed by atoms with Crippen molar-refractivity contribution in [3.05, 3.63) is 35.8 Å². The Morgan fingerprint density at radius 3 is 2.63 bits per heavy atom. The van der Waals surface area contributed by atoms with E-state index in [1.807, 2.05) is 0 Å². The summed E-state index contributed by atoms with van der Waals surface area (Å²) in [7, 11) is 1.52. The normalized spacial score (nSPS) is 13.6. The van der Waals surface area contributed by atoms with Crippen molar-refractivity contribution < 1.29 is 19.1 Å². The summed E-state index contributed by atoms with van der Waals surface area (Å²) in [6.45, 7) is -0.121. The van der Waals surface area contributed by atoms with E-state index in [1.165, 1.54) is 23.3 Å². The second-order valence-corrected chi connectivity index (χ2v) is 7.98. The van der Waals surface area contributed by atoms with E-state index in [0.29, 0.717) is 16.6 Å². The summed E-state index contributed by atoms with van der Waals surface area (Å²) in [5.41, 5.74) is 0.506. The van der Waals surface area contributed by atoms with Crippen molar-refractivity contribution in [3.63, 3.8) is 0 Å². The Morgan fingerprint density at radius 2 is 1.93 bits per heavy atom. The molecule has 0 radical (unpaired) electrons. The lowest BCUT2D eigenvalue weighted by atomic mass is 10.2. The highest BCUT2D eigenvalue weighted by Crippen LogP contribution is 2.28. The smallest absolute Gasteiger partial charge is 0.240 e. The number of methoxy groups -OCH3 is 1. The average Bonchev–Trinajstić information content (AvgIpc) is 3.44. The fourth-order valence-electron chi connectivity index (χ4n) is 3.47. The van der Waals surface area contributed by atoms with Crippen LogP contribution in [0.15, 0.2) is 35.8 Å². The zero-order chi connectivity index (χ0) is 21.3. The Morgan fingerprint density at radius 1 is 1.17 bits per heavy atom. The number of aromatic nitrogens is 1. The lowest BCUT2D eigenvalue weighted by Crippen LogP contribution is -2.44. The number of nitrogens with one attached hydrogen (secondary N) is 2. The van der Waals surface area contributed by atoms with E-state index in [1.54, 1.807) is 35.8 Å². The molecular weight excluding hydrogens is 404 g/mol. The van der Waals surface area contributed by atoms with Gasteiger partial charge in [0.2, 0.25) is 17.7 Å². The van der Waals surface area contributed by atoms with Gasteiger partial charge in [0.25, 0.3) is 0 Å². The SMILES string of the molecule is COc1ccccc1N(CC(=O)NC1CCCC1)C(=O)CCC(=O)Nc1nccs1. The van der Waals surface area contributed by atoms with Crippen molar-refractivity contribution in [1.82, 2.24) is 10.3 Å². The summed E-state index contributed by atoms with van der Waals surface area (Å²) < 4.78 is 5.38. The Bertz CT molecular complexity index is 866. The number of nitrogens with zero attached hydrogens (tertiary/aromatic N) is 2. The minimum absolute atomic E-state index is 0.00565. The summed E-state index contributed by atoms with van der Waals surface area (Å²) in [5, 5.41) is 7.92. The van der Waals surface area contributed by atoms with E-state index in [4.69, 9.17) is 4.74 Å². The molecule has 0 unspecified atom stereocenters. The minimum atomic E-state index is -0.324. The number of hydrogen-bond acceptors (Lipinski definition) is 6. The monoisotopic (exact) mass is 430 g/mol. The quantitative estimate of drug-likeness (QED) is 0.637. The van der Waals surface area contributed by atoms with Gasteiger partial charge < -0.3 is 15.4 Å². The molecule has 3 amide bonds. The first-order chi connectivity index (χ1) is 14.6. The molecule has 2 aromatic rings. The zero-order valence-corrected chi connectivity index (χ0v) is 17.7. The standard InChI is InChI=1S/C21H26N4O4S/c1-29-17-9-5-4-8-16(17)25(14-19(27)23-15-6-2-3-7-15)20(28)11-10-18(26)24-21-22-12-13-30-21/h4-5,8-9,12-13,15H,2-3,6-7,10-11,14H2,1H3,(H,23,27)(H,22,24,26). The highest BCUT2D eigenvalue weighted by Gasteiger charge is 2.25. The second-order valence-electron chi connectivity index (χ2n) is 7.09. The number of rotatable bonds is 9. The Labute approximate surface area is 179 Å². The highest BCUT2D eigenvalue weighted by molar-refractivity contribution is 7.13. The molecule has 8 nitrogen and oxygen atoms in total. The van der Waals surface area contributed by atoms with Crippen molar-refractivity contribution in [2.75, 3.05) is 23.9 Å². The van der Waals surface area contributed by atoms with E-state index in [9.17, 15) is 14.4 Å². The van der Waals surface area contributed by atoms with Gasteiger partial charge in [-0.3, -0.25) is 19.3 Å². The molecule has 30 heavy (non-hydrogen) atoms. The third-order valence-electron chi connectivity index (χ3n) is 4.94. The van der Waals surface area contributed by atoms with Crippen LogP contribution < -0.4 is 20.3 Å². The van der Waals surface area contributed by atoms with Crippen molar-refractivity contribution in [3.8, 4) is 5.75 Å². The van der Waals surface area contributed by atoms with Crippen LogP contribution in [-0.4, -0.2) is 42.4 Å². The van der Waals surface area contributed by atoms with Crippen molar-refractivity contribution >= 4 is 39.9 Å². The molecule has 1 aliphatic rings. The van der Waals surface area contributed by atoms with Crippen LogP contribution in [-0.2, 0) is 14.4 Å². The number of benzene rings is 1. The molecule has 2 N–H and O–H groups in total. The summed E-state index contributed by atoms with van der Waals surface area (Å²) in [4.78, 5) is 43.1. The van der Waals surface area contributed by atoms with E-state index < -0.39 is 0 Å². The van der Waals surface area contributed by atoms with Crippen LogP contribution >= 0.6 is 11.3 Å². The van der Waals surface area contributed by atoms with Crippen LogP contribution in [0.2, 0.25) is 0 Å². The van der Waals surface area contributed by atoms with Crippen LogP contribution in [0.4, 0.5) is 10.8 Å². The van der Waals surface area contributed by atoms with Gasteiger partial charge >= 0.3 is 0 Å². The third kappa shape index (κ3) is 6.03. The van der Waals surface area contributed by atoms with Gasteiger partial charge in [0.05, 0.1) is 12.8 Å². The molecule has 1 saturated carbocycles. The lowest BCUT2D eigenvalue weighted by molar-refractivity contribution is -0.125. The predicted octanol–water partition coefficient (Wildman–Crippen LogP) is 2.96. The minimum Gasteiger partial charge on any atom is -0.495 e. The van der Waals surface area contributed by atoms with E-state index in [0.717, 1.165) is 25.7 Å². The third-order valence-corrected chi connectivity index (χ3v) is 5.63. The fraction of sp³-hybridized carbons (Fsp3) is 0.429. The topological polar surface area (TPSA) is 101 Å². The number of ether oxygens (including phenoxy) is 1. The summed E-state index contributed by atoms with van der Waals surface area (Å²) in [5.74, 6) is -0.343. The maximum Gasteiger partial charge on any atom is 0.240 e. The molecule has 1 aromatic carbocycles. The van der Waals surface area contributed by atoms with Gasteiger partial charge in [-0.15, -0.1) is 11.3 Å². The molecule has 0 aliphatic heterocycles. The van der Waals surface area contributed by atoms with E-state index in [2.05, 4.69) is 15.6 Å². The Hall–Kier alpha value is -2.94. The van der Waals surface area contributed by atoms with Crippen LogP contribution in [0.25, 0.3) is 0 Å². The van der Waals surface area contributed by atoms with Crippen LogP contribution in [0.1, 0.15) is 38.5 Å². The molecule has 9 heteroatoms. The molecule has 3 rings (SSSR count). The zero-order valence-electron chi connectivity index (χ0n) is 16.9.